The number of rotatable bonds is 4. The van der Waals surface area contributed by atoms with Gasteiger partial charge in [-0.1, -0.05) is 96.6 Å². The molecule has 3 heterocycles. The van der Waals surface area contributed by atoms with Crippen LogP contribution in [0.2, 0.25) is 0 Å². The average Bonchev–Trinajstić information content (AvgIpc) is 3.56. The zero-order valence-electron chi connectivity index (χ0n) is 25.6. The second kappa shape index (κ2) is 10.9. The van der Waals surface area contributed by atoms with Crippen molar-refractivity contribution in [2.45, 2.75) is 26.2 Å². The van der Waals surface area contributed by atoms with Gasteiger partial charge in [0.1, 0.15) is 0 Å². The van der Waals surface area contributed by atoms with E-state index in [1.54, 1.807) is 11.3 Å². The van der Waals surface area contributed by atoms with E-state index >= 15 is 0 Å². The Balaban J connectivity index is 1.23. The first-order chi connectivity index (χ1) is 22.7. The summed E-state index contributed by atoms with van der Waals surface area (Å²) in [5.41, 5.74) is 11.5. The van der Waals surface area contributed by atoms with Crippen LogP contribution in [-0.4, -0.2) is 14.5 Å². The number of fused-ring (bicyclic) bond motifs is 6. The molecule has 0 atom stereocenters. The van der Waals surface area contributed by atoms with Crippen LogP contribution in [0.4, 0.5) is 0 Å². The summed E-state index contributed by atoms with van der Waals surface area (Å²) in [7, 11) is 0. The number of hydrogen-bond donors (Lipinski definition) is 0. The topological polar surface area (TPSA) is 30.7 Å². The number of nitrogens with zero attached hydrogens (tertiary/aromatic N) is 3. The van der Waals surface area contributed by atoms with Crippen LogP contribution in [0.15, 0.2) is 139 Å². The number of para-hydroxylation sites is 2. The maximum Gasteiger partial charge on any atom is 0.160 e. The molecule has 7 aromatic rings. The lowest BCUT2D eigenvalue weighted by molar-refractivity contribution is 1.04. The van der Waals surface area contributed by atoms with Crippen LogP contribution in [-0.2, 0) is 0 Å². The van der Waals surface area contributed by atoms with E-state index in [1.165, 1.54) is 54.2 Å². The van der Waals surface area contributed by atoms with Crippen LogP contribution in [0, 0.1) is 0 Å². The minimum atomic E-state index is 0.784. The first-order valence-electron chi connectivity index (χ1n) is 16.0. The van der Waals surface area contributed by atoms with Gasteiger partial charge in [-0.2, -0.15) is 0 Å². The van der Waals surface area contributed by atoms with E-state index in [1.807, 2.05) is 0 Å². The van der Waals surface area contributed by atoms with Crippen molar-refractivity contribution < 1.29 is 0 Å². The number of thiophene rings is 1. The lowest BCUT2D eigenvalue weighted by atomic mass is 10.0. The second-order valence-electron chi connectivity index (χ2n) is 12.1. The predicted octanol–water partition coefficient (Wildman–Crippen LogP) is 11.6. The normalized spacial score (nSPS) is 15.0. The molecule has 0 saturated heterocycles. The van der Waals surface area contributed by atoms with Crippen molar-refractivity contribution in [3.63, 3.8) is 0 Å². The summed E-state index contributed by atoms with van der Waals surface area (Å²) in [4.78, 5) is 10.5. The van der Waals surface area contributed by atoms with E-state index in [4.69, 9.17) is 9.97 Å². The second-order valence-corrected chi connectivity index (χ2v) is 13.2. The van der Waals surface area contributed by atoms with E-state index in [2.05, 4.69) is 145 Å². The molecule has 0 bridgehead atoms. The van der Waals surface area contributed by atoms with Crippen molar-refractivity contribution in [2.24, 2.45) is 0 Å². The molecule has 3 aromatic heterocycles. The van der Waals surface area contributed by atoms with Crippen molar-refractivity contribution >= 4 is 64.6 Å². The summed E-state index contributed by atoms with van der Waals surface area (Å²) in [6.45, 7) is 2.15. The quantitative estimate of drug-likeness (QED) is 0.199. The molecule has 4 heteroatoms. The molecular formula is C42H31N3S. The maximum atomic E-state index is 5.28. The zero-order valence-corrected chi connectivity index (χ0v) is 26.4. The molecule has 0 aliphatic heterocycles. The molecule has 9 rings (SSSR count). The third-order valence-electron chi connectivity index (χ3n) is 9.11. The number of hydrogen-bond acceptors (Lipinski definition) is 3. The van der Waals surface area contributed by atoms with Gasteiger partial charge in [0.15, 0.2) is 5.82 Å². The third kappa shape index (κ3) is 4.48. The lowest BCUT2D eigenvalue weighted by Gasteiger charge is -2.11. The number of allylic oxidation sites excluding steroid dienone is 10. The van der Waals surface area contributed by atoms with Gasteiger partial charge in [0, 0.05) is 32.1 Å². The minimum Gasteiger partial charge on any atom is -0.309 e. The number of aromatic nitrogens is 3. The molecule has 2 aliphatic carbocycles. The molecule has 0 N–H and O–H groups in total. The van der Waals surface area contributed by atoms with Crippen molar-refractivity contribution in [1.29, 1.82) is 0 Å². The first kappa shape index (κ1) is 27.0. The maximum absolute atomic E-state index is 5.28. The van der Waals surface area contributed by atoms with Crippen LogP contribution in [0.1, 0.15) is 37.7 Å². The van der Waals surface area contributed by atoms with E-state index in [0.29, 0.717) is 0 Å². The van der Waals surface area contributed by atoms with Crippen molar-refractivity contribution in [2.75, 3.05) is 0 Å². The summed E-state index contributed by atoms with van der Waals surface area (Å²) < 4.78 is 4.76. The fourth-order valence-corrected chi connectivity index (χ4v) is 8.04. The monoisotopic (exact) mass is 609 g/mol. The van der Waals surface area contributed by atoms with Crippen LogP contribution >= 0.6 is 11.3 Å². The molecule has 46 heavy (non-hydrogen) atoms. The zero-order chi connectivity index (χ0) is 30.6. The van der Waals surface area contributed by atoms with E-state index in [0.717, 1.165) is 52.3 Å². The molecule has 0 spiro atoms. The van der Waals surface area contributed by atoms with Crippen LogP contribution < -0.4 is 0 Å². The summed E-state index contributed by atoms with van der Waals surface area (Å²) in [5.74, 6) is 0.784. The lowest BCUT2D eigenvalue weighted by Crippen LogP contribution is -1.99. The van der Waals surface area contributed by atoms with Crippen LogP contribution in [0.3, 0.4) is 0 Å². The Labute approximate surface area is 271 Å². The summed E-state index contributed by atoms with van der Waals surface area (Å²) in [6, 6.07) is 33.1. The average molecular weight is 610 g/mol. The minimum absolute atomic E-state index is 0.784. The van der Waals surface area contributed by atoms with Gasteiger partial charge < -0.3 is 4.57 Å². The first-order valence-corrected chi connectivity index (χ1v) is 16.8. The summed E-state index contributed by atoms with van der Waals surface area (Å²) >= 11 is 1.80. The largest absolute Gasteiger partial charge is 0.309 e. The van der Waals surface area contributed by atoms with Crippen molar-refractivity contribution in [1.82, 2.24) is 14.5 Å². The summed E-state index contributed by atoms with van der Waals surface area (Å²) in [6.07, 6.45) is 18.7. The van der Waals surface area contributed by atoms with Gasteiger partial charge in [-0.25, -0.2) is 9.97 Å². The van der Waals surface area contributed by atoms with E-state index in [-0.39, 0.29) is 0 Å². The fourth-order valence-electron chi connectivity index (χ4n) is 6.90. The van der Waals surface area contributed by atoms with Crippen LogP contribution in [0.25, 0.3) is 70.1 Å². The molecular weight excluding hydrogens is 579 g/mol. The molecule has 0 radical (unpaired) electrons. The molecule has 4 aromatic carbocycles. The Hall–Kier alpha value is -5.32. The highest BCUT2D eigenvalue weighted by molar-refractivity contribution is 7.26. The van der Waals surface area contributed by atoms with Gasteiger partial charge in [0.05, 0.1) is 26.9 Å². The molecule has 0 fully saturated rings. The Kier molecular flexibility index (Phi) is 6.43. The van der Waals surface area contributed by atoms with Crippen LogP contribution in [0.5, 0.6) is 0 Å². The van der Waals surface area contributed by atoms with Crippen molar-refractivity contribution in [3.05, 3.63) is 151 Å². The van der Waals surface area contributed by atoms with E-state index in [9.17, 15) is 0 Å². The highest BCUT2D eigenvalue weighted by Gasteiger charge is 2.19. The summed E-state index contributed by atoms with van der Waals surface area (Å²) in [5, 5.41) is 3.72. The number of benzene rings is 4. The standard InChI is InChI=1S/C42H31N3S/c1-27-12-5-6-15-31(24-27)42-43-39(28-13-3-2-4-14-28)41-40(44-42)35-26-30(22-23-38(35)46-41)29-16-11-17-32(25-29)45-36-20-9-7-18-33(36)34-19-8-10-21-37(34)45/h3,6-26H,2,4-5H2,1H3. The highest BCUT2D eigenvalue weighted by atomic mass is 32.1. The van der Waals surface area contributed by atoms with Gasteiger partial charge in [0.2, 0.25) is 0 Å². The van der Waals surface area contributed by atoms with Gasteiger partial charge >= 0.3 is 0 Å². The Bertz CT molecular complexity index is 2460. The third-order valence-corrected chi connectivity index (χ3v) is 10.3. The fraction of sp³-hybridized carbons (Fsp3) is 0.0952. The van der Waals surface area contributed by atoms with Gasteiger partial charge in [-0.3, -0.25) is 0 Å². The van der Waals surface area contributed by atoms with Gasteiger partial charge in [-0.15, -0.1) is 11.3 Å². The molecule has 3 nitrogen and oxygen atoms in total. The van der Waals surface area contributed by atoms with E-state index < -0.39 is 0 Å². The highest BCUT2D eigenvalue weighted by Crippen LogP contribution is 2.41. The van der Waals surface area contributed by atoms with Crippen molar-refractivity contribution in [3.8, 4) is 16.8 Å². The Morgan fingerprint density at radius 1 is 0.674 bits per heavy atom. The van der Waals surface area contributed by atoms with Gasteiger partial charge in [0.25, 0.3) is 0 Å². The predicted molar refractivity (Wildman–Crippen MR) is 197 cm³/mol. The smallest absolute Gasteiger partial charge is 0.160 e. The Morgan fingerprint density at radius 2 is 1.46 bits per heavy atom. The molecule has 0 amide bonds. The van der Waals surface area contributed by atoms with Gasteiger partial charge in [-0.05, 0) is 85.4 Å². The molecule has 0 unspecified atom stereocenters. The molecule has 2 aliphatic rings. The molecule has 0 saturated carbocycles. The Morgan fingerprint density at radius 3 is 2.26 bits per heavy atom. The SMILES string of the molecule is CC1=CCC=CC(c2nc(C3=CCCC=C3)c3sc4ccc(-c5cccc(-n6c7ccccc7c7ccccc76)c5)cc4c3n2)=C1. The molecule has 220 valence electrons.